The minimum atomic E-state index is 0.0561. The average molecular weight is 715 g/mol. The Bertz CT molecular complexity index is 2180. The molecule has 0 saturated carbocycles. The van der Waals surface area contributed by atoms with Crippen molar-refractivity contribution >= 4 is 39.8 Å². The zero-order valence-electron chi connectivity index (χ0n) is 33.6. The highest BCUT2D eigenvalue weighted by Gasteiger charge is 2.20. The van der Waals surface area contributed by atoms with Crippen LogP contribution in [0.15, 0.2) is 121 Å². The van der Waals surface area contributed by atoms with Gasteiger partial charge >= 0.3 is 0 Å². The fraction of sp³-hybridized carbons (Fsp3) is 0.280. The van der Waals surface area contributed by atoms with E-state index in [0.29, 0.717) is 0 Å². The zero-order chi connectivity index (χ0) is 38.4. The maximum absolute atomic E-state index is 6.50. The summed E-state index contributed by atoms with van der Waals surface area (Å²) in [5, 5.41) is 3.57. The van der Waals surface area contributed by atoms with Gasteiger partial charge in [0, 0.05) is 52.4 Å². The van der Waals surface area contributed by atoms with Gasteiger partial charge in [-0.25, -0.2) is 0 Å². The lowest BCUT2D eigenvalue weighted by molar-refractivity contribution is 0.638. The second-order valence-electron chi connectivity index (χ2n) is 15.1. The number of rotatable bonds is 14. The van der Waals surface area contributed by atoms with Crippen molar-refractivity contribution in [1.82, 2.24) is 0 Å². The van der Waals surface area contributed by atoms with E-state index in [-0.39, 0.29) is 6.04 Å². The van der Waals surface area contributed by atoms with Crippen LogP contribution in [0.2, 0.25) is 0 Å². The molecule has 0 amide bonds. The highest BCUT2D eigenvalue weighted by Crippen LogP contribution is 2.43. The second-order valence-corrected chi connectivity index (χ2v) is 15.1. The molecule has 0 fully saturated rings. The minimum absolute atomic E-state index is 0.0561. The minimum Gasteiger partial charge on any atom is -0.385 e. The van der Waals surface area contributed by atoms with Gasteiger partial charge in [-0.3, -0.25) is 0 Å². The predicted molar refractivity (Wildman–Crippen MR) is 235 cm³/mol. The van der Waals surface area contributed by atoms with Crippen LogP contribution in [0.4, 0.5) is 39.8 Å². The number of aryl methyl sites for hydroxylation is 6. The summed E-state index contributed by atoms with van der Waals surface area (Å²) in [6.45, 7) is 18.6. The number of hydrogen-bond acceptors (Lipinski definition) is 4. The van der Waals surface area contributed by atoms with Gasteiger partial charge in [0.05, 0.1) is 0 Å². The molecule has 6 aromatic carbocycles. The van der Waals surface area contributed by atoms with Crippen LogP contribution in [0.3, 0.4) is 0 Å². The van der Waals surface area contributed by atoms with Crippen molar-refractivity contribution in [2.24, 2.45) is 5.73 Å². The Morgan fingerprint density at radius 1 is 0.500 bits per heavy atom. The van der Waals surface area contributed by atoms with Gasteiger partial charge in [-0.05, 0) is 166 Å². The molecule has 0 radical (unpaired) electrons. The molecule has 54 heavy (non-hydrogen) atoms. The summed E-state index contributed by atoms with van der Waals surface area (Å²) in [5.41, 5.74) is 25.7. The van der Waals surface area contributed by atoms with Crippen LogP contribution in [0.25, 0.3) is 11.1 Å². The van der Waals surface area contributed by atoms with E-state index in [2.05, 4.69) is 192 Å². The molecule has 1 unspecified atom stereocenters. The largest absolute Gasteiger partial charge is 0.385 e. The Kier molecular flexibility index (Phi) is 12.2. The molecule has 1 atom stereocenters. The Labute approximate surface area is 324 Å². The summed E-state index contributed by atoms with van der Waals surface area (Å²) in [6, 6.07) is 45.0. The SMILES string of the molecule is CCCCNc1ccc(N(c2ccc(C)cc2C)c2ccc(-c3ccc(N(c4ccc(C(N)CCC)cc4)c4ccc(C)cc4C)c(C)c3)cc2C)cc1. The van der Waals surface area contributed by atoms with E-state index in [1.807, 2.05) is 0 Å². The summed E-state index contributed by atoms with van der Waals surface area (Å²) in [7, 11) is 0. The van der Waals surface area contributed by atoms with Crippen LogP contribution in [-0.4, -0.2) is 6.54 Å². The fourth-order valence-corrected chi connectivity index (χ4v) is 7.59. The molecule has 0 aromatic heterocycles. The highest BCUT2D eigenvalue weighted by atomic mass is 15.2. The first-order valence-electron chi connectivity index (χ1n) is 19.7. The molecule has 6 rings (SSSR count). The molecule has 3 N–H and O–H groups in total. The normalized spacial score (nSPS) is 11.7. The molecule has 0 bridgehead atoms. The van der Waals surface area contributed by atoms with E-state index < -0.39 is 0 Å². The maximum Gasteiger partial charge on any atom is 0.0491 e. The summed E-state index contributed by atoms with van der Waals surface area (Å²) in [4.78, 5) is 4.80. The third-order valence-corrected chi connectivity index (χ3v) is 10.6. The number of anilines is 7. The fourth-order valence-electron chi connectivity index (χ4n) is 7.59. The summed E-state index contributed by atoms with van der Waals surface area (Å²) in [6.07, 6.45) is 4.40. The molecule has 278 valence electrons. The van der Waals surface area contributed by atoms with E-state index in [4.69, 9.17) is 5.73 Å². The Morgan fingerprint density at radius 2 is 0.926 bits per heavy atom. The smallest absolute Gasteiger partial charge is 0.0491 e. The number of nitrogens with two attached hydrogens (primary N) is 1. The number of unbranched alkanes of at least 4 members (excludes halogenated alkanes) is 1. The topological polar surface area (TPSA) is 44.5 Å². The molecule has 0 aliphatic heterocycles. The van der Waals surface area contributed by atoms with Crippen LogP contribution >= 0.6 is 0 Å². The van der Waals surface area contributed by atoms with Crippen molar-refractivity contribution in [2.75, 3.05) is 21.7 Å². The van der Waals surface area contributed by atoms with Crippen molar-refractivity contribution in [3.63, 3.8) is 0 Å². The molecule has 6 aromatic rings. The predicted octanol–water partition coefficient (Wildman–Crippen LogP) is 14.2. The van der Waals surface area contributed by atoms with Gasteiger partial charge in [-0.2, -0.15) is 0 Å². The van der Waals surface area contributed by atoms with E-state index in [0.717, 1.165) is 42.9 Å². The van der Waals surface area contributed by atoms with Gasteiger partial charge in [0.15, 0.2) is 0 Å². The van der Waals surface area contributed by atoms with Crippen molar-refractivity contribution < 1.29 is 0 Å². The van der Waals surface area contributed by atoms with Gasteiger partial charge in [-0.1, -0.05) is 86.3 Å². The summed E-state index contributed by atoms with van der Waals surface area (Å²) >= 11 is 0. The van der Waals surface area contributed by atoms with E-state index in [1.165, 1.54) is 79.2 Å². The van der Waals surface area contributed by atoms with Crippen LogP contribution in [0, 0.1) is 41.5 Å². The number of hydrogen-bond donors (Lipinski definition) is 2. The second kappa shape index (κ2) is 17.2. The Balaban J connectivity index is 1.36. The lowest BCUT2D eigenvalue weighted by atomic mass is 9.97. The Morgan fingerprint density at radius 3 is 1.33 bits per heavy atom. The molecule has 0 spiro atoms. The van der Waals surface area contributed by atoms with Gasteiger partial charge in [-0.15, -0.1) is 0 Å². The lowest BCUT2D eigenvalue weighted by Crippen LogP contribution is -2.14. The molecule has 0 heterocycles. The number of benzene rings is 6. The quantitative estimate of drug-likeness (QED) is 0.110. The standard InChI is InChI=1S/C50H58N4/c1-9-11-29-52-43-19-23-45(24-20-43)54(48-26-14-35(4)31-37(48)6)50-28-18-42(33-39(50)8)41-17-27-49(38(7)32-41)53(47-25-13-34(3)30-36(47)5)44-21-15-40(16-22-44)46(51)12-10-2/h13-28,30-33,46,52H,9-12,29,51H2,1-8H3. The molecular weight excluding hydrogens is 657 g/mol. The van der Waals surface area contributed by atoms with E-state index in [9.17, 15) is 0 Å². The van der Waals surface area contributed by atoms with Crippen LogP contribution in [0.5, 0.6) is 0 Å². The van der Waals surface area contributed by atoms with E-state index in [1.54, 1.807) is 0 Å². The molecule has 4 heteroatoms. The highest BCUT2D eigenvalue weighted by molar-refractivity contribution is 5.85. The van der Waals surface area contributed by atoms with Crippen LogP contribution in [-0.2, 0) is 0 Å². The molecule has 0 aliphatic rings. The number of nitrogens with one attached hydrogen (secondary N) is 1. The average Bonchev–Trinajstić information content (AvgIpc) is 3.15. The molecule has 0 saturated heterocycles. The first-order valence-corrected chi connectivity index (χ1v) is 19.7. The molecule has 0 aliphatic carbocycles. The van der Waals surface area contributed by atoms with Crippen LogP contribution in [0.1, 0.15) is 84.5 Å². The van der Waals surface area contributed by atoms with Crippen molar-refractivity contribution in [3.05, 3.63) is 160 Å². The maximum atomic E-state index is 6.50. The van der Waals surface area contributed by atoms with Gasteiger partial charge in [0.2, 0.25) is 0 Å². The van der Waals surface area contributed by atoms with Gasteiger partial charge in [0.1, 0.15) is 0 Å². The third kappa shape index (κ3) is 8.56. The van der Waals surface area contributed by atoms with E-state index >= 15 is 0 Å². The van der Waals surface area contributed by atoms with Crippen molar-refractivity contribution in [3.8, 4) is 11.1 Å². The van der Waals surface area contributed by atoms with Gasteiger partial charge in [0.25, 0.3) is 0 Å². The summed E-state index contributed by atoms with van der Waals surface area (Å²) in [5.74, 6) is 0. The molecule has 4 nitrogen and oxygen atoms in total. The van der Waals surface area contributed by atoms with Crippen molar-refractivity contribution in [2.45, 2.75) is 87.1 Å². The zero-order valence-corrected chi connectivity index (χ0v) is 33.6. The molecular formula is C50H58N4. The monoisotopic (exact) mass is 714 g/mol. The lowest BCUT2D eigenvalue weighted by Gasteiger charge is -2.30. The Hall–Kier alpha value is -5.32. The van der Waals surface area contributed by atoms with Gasteiger partial charge < -0.3 is 20.9 Å². The third-order valence-electron chi connectivity index (χ3n) is 10.6. The first-order chi connectivity index (χ1) is 26.1. The summed E-state index contributed by atoms with van der Waals surface area (Å²) < 4.78 is 0. The first kappa shape index (κ1) is 38.4. The number of nitrogens with zero attached hydrogens (tertiary/aromatic N) is 2. The van der Waals surface area contributed by atoms with Crippen LogP contribution < -0.4 is 20.9 Å². The van der Waals surface area contributed by atoms with Crippen molar-refractivity contribution in [1.29, 1.82) is 0 Å².